The second-order valence-electron chi connectivity index (χ2n) is 9.59. The molecule has 4 heterocycles. The molecule has 7 nitrogen and oxygen atoms in total. The van der Waals surface area contributed by atoms with Crippen LogP contribution in [0.2, 0.25) is 0 Å². The van der Waals surface area contributed by atoms with E-state index >= 15 is 0 Å². The van der Waals surface area contributed by atoms with E-state index in [-0.39, 0.29) is 11.6 Å². The maximum Gasteiger partial charge on any atom is 0.250 e. The van der Waals surface area contributed by atoms with E-state index < -0.39 is 41.0 Å². The number of aromatic nitrogens is 1. The molecule has 4 aromatic rings. The van der Waals surface area contributed by atoms with Crippen LogP contribution in [0.15, 0.2) is 79.0 Å². The third kappa shape index (κ3) is 2.62. The van der Waals surface area contributed by atoms with Crippen molar-refractivity contribution in [2.75, 3.05) is 10.2 Å². The van der Waals surface area contributed by atoms with Gasteiger partial charge in [0.05, 0.1) is 17.5 Å². The third-order valence-electron chi connectivity index (χ3n) is 7.83. The number of H-pyrrole nitrogens is 1. The molecule has 2 fully saturated rings. The molecule has 0 aliphatic carbocycles. The van der Waals surface area contributed by atoms with E-state index in [0.717, 1.165) is 21.4 Å². The molecule has 3 aliphatic heterocycles. The molecule has 0 saturated carbocycles. The highest BCUT2D eigenvalue weighted by Crippen LogP contribution is 2.54. The average molecular weight is 480 g/mol. The van der Waals surface area contributed by atoms with Gasteiger partial charge in [-0.05, 0) is 36.2 Å². The van der Waals surface area contributed by atoms with Crippen LogP contribution in [0, 0.1) is 17.7 Å². The number of hydrogen-bond donors (Lipinski definition) is 3. The summed E-state index contributed by atoms with van der Waals surface area (Å²) in [5.41, 5.74) is 1.64. The van der Waals surface area contributed by atoms with E-state index in [1.807, 2.05) is 30.5 Å². The Morgan fingerprint density at radius 2 is 1.64 bits per heavy atom. The van der Waals surface area contributed by atoms with Gasteiger partial charge in [-0.2, -0.15) is 0 Å². The van der Waals surface area contributed by atoms with Crippen molar-refractivity contribution in [1.29, 1.82) is 0 Å². The fraction of sp³-hybridized carbons (Fsp3) is 0.179. The van der Waals surface area contributed by atoms with Gasteiger partial charge in [0.2, 0.25) is 17.7 Å². The third-order valence-corrected chi connectivity index (χ3v) is 7.83. The van der Waals surface area contributed by atoms with Crippen molar-refractivity contribution in [3.63, 3.8) is 0 Å². The molecule has 178 valence electrons. The summed E-state index contributed by atoms with van der Waals surface area (Å²) >= 11 is 0. The quantitative estimate of drug-likeness (QED) is 0.392. The number of anilines is 2. The van der Waals surface area contributed by atoms with Crippen LogP contribution >= 0.6 is 0 Å². The van der Waals surface area contributed by atoms with Crippen LogP contribution in [0.3, 0.4) is 0 Å². The standard InChI is InChI=1S/C28H21FN4O3/c29-18-9-3-6-12-22(18)33-25(34)23-21(13-15-14-30-19-10-4-1-7-16(15)19)32-28(24(23)26(33)35)17-8-2-5-11-20(17)31-27(28)36/h1-12,14,21,23-24,30,32H,13H2,(H,31,36)/t21-,23+,24+,28+/m0/s1. The zero-order chi connectivity index (χ0) is 24.6. The summed E-state index contributed by atoms with van der Waals surface area (Å²) in [4.78, 5) is 45.6. The first-order valence-electron chi connectivity index (χ1n) is 11.9. The Morgan fingerprint density at radius 1 is 0.889 bits per heavy atom. The van der Waals surface area contributed by atoms with Gasteiger partial charge in [0.1, 0.15) is 11.4 Å². The highest BCUT2D eigenvalue weighted by Gasteiger charge is 2.70. The van der Waals surface area contributed by atoms with E-state index in [4.69, 9.17) is 0 Å². The van der Waals surface area contributed by atoms with Crippen molar-refractivity contribution in [1.82, 2.24) is 10.3 Å². The first kappa shape index (κ1) is 21.0. The van der Waals surface area contributed by atoms with Gasteiger partial charge in [-0.1, -0.05) is 48.5 Å². The number of amides is 3. The molecule has 4 atom stereocenters. The van der Waals surface area contributed by atoms with Crippen LogP contribution in [-0.2, 0) is 26.3 Å². The average Bonchev–Trinajstić information content (AvgIpc) is 3.59. The Kier molecular flexibility index (Phi) is 4.29. The minimum absolute atomic E-state index is 0.0883. The summed E-state index contributed by atoms with van der Waals surface area (Å²) in [6.07, 6.45) is 2.30. The number of carbonyl (C=O) groups excluding carboxylic acids is 3. The lowest BCUT2D eigenvalue weighted by molar-refractivity contribution is -0.130. The molecule has 3 aliphatic rings. The molecule has 3 amide bonds. The lowest BCUT2D eigenvalue weighted by Crippen LogP contribution is -2.53. The highest BCUT2D eigenvalue weighted by atomic mass is 19.1. The molecule has 1 aromatic heterocycles. The molecule has 8 heteroatoms. The number of halogens is 1. The van der Waals surface area contributed by atoms with Gasteiger partial charge < -0.3 is 10.3 Å². The Balaban J connectivity index is 1.39. The second kappa shape index (κ2) is 7.35. The number of rotatable bonds is 3. The van der Waals surface area contributed by atoms with Crippen LogP contribution in [0.1, 0.15) is 11.1 Å². The molecule has 3 N–H and O–H groups in total. The number of nitrogens with one attached hydrogen (secondary N) is 3. The summed E-state index contributed by atoms with van der Waals surface area (Å²) in [5, 5.41) is 7.34. The van der Waals surface area contributed by atoms with E-state index in [0.29, 0.717) is 17.7 Å². The van der Waals surface area contributed by atoms with Gasteiger partial charge in [-0.15, -0.1) is 0 Å². The minimum Gasteiger partial charge on any atom is -0.361 e. The Hall–Kier alpha value is -4.30. The predicted molar refractivity (Wildman–Crippen MR) is 132 cm³/mol. The van der Waals surface area contributed by atoms with Crippen LogP contribution in [0.5, 0.6) is 0 Å². The Morgan fingerprint density at radius 3 is 2.50 bits per heavy atom. The van der Waals surface area contributed by atoms with Gasteiger partial charge >= 0.3 is 0 Å². The predicted octanol–water partition coefficient (Wildman–Crippen LogP) is 3.47. The van der Waals surface area contributed by atoms with E-state index in [2.05, 4.69) is 15.6 Å². The highest BCUT2D eigenvalue weighted by molar-refractivity contribution is 6.25. The molecule has 7 rings (SSSR count). The van der Waals surface area contributed by atoms with E-state index in [1.54, 1.807) is 30.3 Å². The van der Waals surface area contributed by atoms with Crippen molar-refractivity contribution >= 4 is 40.0 Å². The summed E-state index contributed by atoms with van der Waals surface area (Å²) in [6.45, 7) is 0. The van der Waals surface area contributed by atoms with Crippen molar-refractivity contribution in [2.24, 2.45) is 11.8 Å². The van der Waals surface area contributed by atoms with Crippen LogP contribution in [0.4, 0.5) is 15.8 Å². The van der Waals surface area contributed by atoms with Crippen LogP contribution < -0.4 is 15.5 Å². The van der Waals surface area contributed by atoms with Crippen LogP contribution in [-0.4, -0.2) is 28.7 Å². The van der Waals surface area contributed by atoms with Crippen LogP contribution in [0.25, 0.3) is 10.9 Å². The SMILES string of the molecule is O=C1[C@@H]2[C@H](Cc3c[nH]c4ccccc34)N[C@@]3(C(=O)Nc4ccccc43)[C@H]2C(=O)N1c1ccccc1F. The Labute approximate surface area is 205 Å². The van der Waals surface area contributed by atoms with Gasteiger partial charge in [0, 0.05) is 34.4 Å². The molecule has 2 saturated heterocycles. The van der Waals surface area contributed by atoms with Gasteiger partial charge in [-0.25, -0.2) is 9.29 Å². The number of imide groups is 1. The molecule has 0 unspecified atom stereocenters. The first-order valence-corrected chi connectivity index (χ1v) is 11.9. The zero-order valence-corrected chi connectivity index (χ0v) is 19.0. The Bertz CT molecular complexity index is 1600. The van der Waals surface area contributed by atoms with Gasteiger partial charge in [0.15, 0.2) is 0 Å². The monoisotopic (exact) mass is 480 g/mol. The summed E-state index contributed by atoms with van der Waals surface area (Å²) in [7, 11) is 0. The van der Waals surface area contributed by atoms with Crippen molar-refractivity contribution in [3.05, 3.63) is 95.9 Å². The molecule has 0 bridgehead atoms. The lowest BCUT2D eigenvalue weighted by Gasteiger charge is -2.29. The minimum atomic E-state index is -1.43. The van der Waals surface area contributed by atoms with E-state index in [9.17, 15) is 18.8 Å². The van der Waals surface area contributed by atoms with Crippen molar-refractivity contribution < 1.29 is 18.8 Å². The fourth-order valence-corrected chi connectivity index (χ4v) is 6.34. The van der Waals surface area contributed by atoms with Crippen molar-refractivity contribution in [3.8, 4) is 0 Å². The van der Waals surface area contributed by atoms with Gasteiger partial charge in [-0.3, -0.25) is 19.7 Å². The number of nitrogens with zero attached hydrogens (tertiary/aromatic N) is 1. The number of aromatic amines is 1. The molecular weight excluding hydrogens is 459 g/mol. The fourth-order valence-electron chi connectivity index (χ4n) is 6.34. The number of hydrogen-bond acceptors (Lipinski definition) is 4. The summed E-state index contributed by atoms with van der Waals surface area (Å²) in [6, 6.07) is 20.2. The summed E-state index contributed by atoms with van der Waals surface area (Å²) < 4.78 is 14.8. The maximum absolute atomic E-state index is 14.8. The molecule has 3 aromatic carbocycles. The smallest absolute Gasteiger partial charge is 0.250 e. The molecular formula is C28H21FN4O3. The van der Waals surface area contributed by atoms with Gasteiger partial charge in [0.25, 0.3) is 0 Å². The molecule has 1 spiro atoms. The molecule has 36 heavy (non-hydrogen) atoms. The lowest BCUT2D eigenvalue weighted by atomic mass is 9.76. The number of benzene rings is 3. The largest absolute Gasteiger partial charge is 0.361 e. The zero-order valence-electron chi connectivity index (χ0n) is 19.0. The topological polar surface area (TPSA) is 94.3 Å². The summed E-state index contributed by atoms with van der Waals surface area (Å²) in [5.74, 6) is -3.97. The van der Waals surface area contributed by atoms with E-state index in [1.165, 1.54) is 18.2 Å². The molecule has 0 radical (unpaired) electrons. The second-order valence-corrected chi connectivity index (χ2v) is 9.59. The normalized spacial score (nSPS) is 26.6. The first-order chi connectivity index (χ1) is 17.5. The maximum atomic E-state index is 14.8. The number of para-hydroxylation sites is 3. The number of carbonyl (C=O) groups is 3. The van der Waals surface area contributed by atoms with Crippen molar-refractivity contribution in [2.45, 2.75) is 18.0 Å². The number of fused-ring (bicyclic) bond motifs is 5.